The number of rotatable bonds is 41. The number of quaternary nitrogens is 1. The Morgan fingerprint density at radius 3 is 1.37 bits per heavy atom. The summed E-state index contributed by atoms with van der Waals surface area (Å²) in [5, 5.41) is 0. The summed E-state index contributed by atoms with van der Waals surface area (Å²) in [6, 6.07) is 0. The second kappa shape index (κ2) is 42.9. The van der Waals surface area contributed by atoms with Gasteiger partial charge in [0.05, 0.1) is 27.7 Å². The average Bonchev–Trinajstić information content (AvgIpc) is 3.23. The van der Waals surface area contributed by atoms with E-state index in [1.54, 1.807) is 0 Å². The van der Waals surface area contributed by atoms with Gasteiger partial charge in [0.25, 0.3) is 0 Å². The summed E-state index contributed by atoms with van der Waals surface area (Å²) >= 11 is 0. The molecule has 0 spiro atoms. The van der Waals surface area contributed by atoms with E-state index in [1.807, 2.05) is 33.3 Å². The van der Waals surface area contributed by atoms with Gasteiger partial charge in [-0.1, -0.05) is 162 Å². The molecule has 0 aromatic heterocycles. The number of hydrogen-bond donors (Lipinski definition) is 1. The quantitative estimate of drug-likeness (QED) is 0.0213. The van der Waals surface area contributed by atoms with E-state index in [-0.39, 0.29) is 26.1 Å². The molecule has 0 saturated carbocycles. The Morgan fingerprint density at radius 1 is 0.516 bits per heavy atom. The highest BCUT2D eigenvalue weighted by atomic mass is 31.2. The van der Waals surface area contributed by atoms with Crippen molar-refractivity contribution in [1.29, 1.82) is 0 Å². The molecule has 0 aliphatic rings. The molecular weight excluding hydrogens is 798 g/mol. The summed E-state index contributed by atoms with van der Waals surface area (Å²) < 4.78 is 34.2. The molecule has 352 valence electrons. The number of carbonyl (C=O) groups excluding carboxylic acids is 2. The van der Waals surface area contributed by atoms with Gasteiger partial charge in [0, 0.05) is 12.8 Å². The Morgan fingerprint density at radius 2 is 0.919 bits per heavy atom. The molecule has 0 saturated heterocycles. The minimum atomic E-state index is -4.41. The van der Waals surface area contributed by atoms with Crippen molar-refractivity contribution in [3.63, 3.8) is 0 Å². The number of nitrogens with zero attached hydrogens (tertiary/aromatic N) is 1. The largest absolute Gasteiger partial charge is 0.472 e. The Balaban J connectivity index is 4.53. The maximum absolute atomic E-state index is 12.7. The zero-order chi connectivity index (χ0) is 45.7. The summed E-state index contributed by atoms with van der Waals surface area (Å²) in [5.41, 5.74) is 0. The molecule has 9 nitrogen and oxygen atoms in total. The first kappa shape index (κ1) is 58.7. The van der Waals surface area contributed by atoms with Gasteiger partial charge in [-0.05, 0) is 89.9 Å². The van der Waals surface area contributed by atoms with E-state index in [1.165, 1.54) is 51.4 Å². The molecule has 0 amide bonds. The summed E-state index contributed by atoms with van der Waals surface area (Å²) in [4.78, 5) is 35.4. The topological polar surface area (TPSA) is 108 Å². The highest BCUT2D eigenvalue weighted by molar-refractivity contribution is 7.47. The van der Waals surface area contributed by atoms with Crippen LogP contribution >= 0.6 is 7.82 Å². The van der Waals surface area contributed by atoms with E-state index >= 15 is 0 Å². The van der Waals surface area contributed by atoms with Crippen molar-refractivity contribution in [2.45, 2.75) is 161 Å². The SMILES string of the molecule is CC/C=C/C/C=C/C/C=C/C/C=C/C/C=C/CCCC(=O)OC[C@H](COP(=O)(O)OCC[N+](C)(C)C)OC(=O)CCC/C=C/C/C=C/C/C=C/C/C=C/CCCCCCCCC. The van der Waals surface area contributed by atoms with Crippen molar-refractivity contribution in [1.82, 2.24) is 0 Å². The predicted molar refractivity (Wildman–Crippen MR) is 261 cm³/mol. The van der Waals surface area contributed by atoms with Crippen LogP contribution in [-0.4, -0.2) is 74.9 Å². The number of esters is 2. The van der Waals surface area contributed by atoms with E-state index in [9.17, 15) is 19.0 Å². The number of hydrogen-bond acceptors (Lipinski definition) is 7. The Hall–Kier alpha value is -3.33. The van der Waals surface area contributed by atoms with E-state index in [0.29, 0.717) is 30.3 Å². The lowest BCUT2D eigenvalue weighted by atomic mass is 10.1. The molecule has 0 heterocycles. The van der Waals surface area contributed by atoms with Gasteiger partial charge in [0.1, 0.15) is 19.8 Å². The van der Waals surface area contributed by atoms with Crippen LogP contribution in [0.1, 0.15) is 155 Å². The highest BCUT2D eigenvalue weighted by Crippen LogP contribution is 2.43. The molecule has 2 atom stereocenters. The third-order valence-electron chi connectivity index (χ3n) is 9.29. The van der Waals surface area contributed by atoms with Crippen molar-refractivity contribution < 1.29 is 42.1 Å². The standard InChI is InChI=1S/C52H86NO8P/c1-6-8-10-12-14-16-18-20-22-24-25-26-27-29-31-33-35-37-39-41-43-45-52(55)61-50(49-60-62(56,57)59-47-46-53(3,4)5)48-58-51(54)44-42-40-38-36-34-32-30-28-23-21-19-17-15-13-11-9-7-2/h9,11,15,17,21-24,26-27,30-33,36-39,50H,6-8,10,12-14,16,18-20,25,28-29,34-35,40-49H2,1-5H3/p+1/b11-9+,17-15+,23-21+,24-22+,27-26+,32-30+,33-31+,38-36+,39-37+/t50-/m1/s1. The minimum Gasteiger partial charge on any atom is -0.462 e. The van der Waals surface area contributed by atoms with Crippen molar-refractivity contribution in [3.05, 3.63) is 109 Å². The first-order valence-corrected chi connectivity index (χ1v) is 25.1. The molecule has 0 aromatic carbocycles. The normalized spacial score (nSPS) is 14.5. The first-order valence-electron chi connectivity index (χ1n) is 23.6. The highest BCUT2D eigenvalue weighted by Gasteiger charge is 2.27. The van der Waals surface area contributed by atoms with Gasteiger partial charge in [-0.2, -0.15) is 0 Å². The molecule has 0 fully saturated rings. The Bertz CT molecular complexity index is 1420. The molecule has 0 aromatic rings. The van der Waals surface area contributed by atoms with Gasteiger partial charge < -0.3 is 18.9 Å². The molecule has 0 bridgehead atoms. The van der Waals surface area contributed by atoms with Gasteiger partial charge in [-0.25, -0.2) is 4.57 Å². The molecule has 1 N–H and O–H groups in total. The fraction of sp³-hybridized carbons (Fsp3) is 0.615. The van der Waals surface area contributed by atoms with Crippen molar-refractivity contribution in [2.75, 3.05) is 47.5 Å². The number of phosphoric acid groups is 1. The van der Waals surface area contributed by atoms with Gasteiger partial charge in [-0.3, -0.25) is 18.6 Å². The number of phosphoric ester groups is 1. The average molecular weight is 885 g/mol. The Labute approximate surface area is 378 Å². The zero-order valence-corrected chi connectivity index (χ0v) is 40.4. The summed E-state index contributed by atoms with van der Waals surface area (Å²) in [6.45, 7) is 4.15. The van der Waals surface area contributed by atoms with Gasteiger partial charge >= 0.3 is 19.8 Å². The van der Waals surface area contributed by atoms with Crippen LogP contribution in [0.5, 0.6) is 0 Å². The third-order valence-corrected chi connectivity index (χ3v) is 10.3. The number of allylic oxidation sites excluding steroid dienone is 18. The molecule has 0 radical (unpaired) electrons. The van der Waals surface area contributed by atoms with Crippen LogP contribution in [0.2, 0.25) is 0 Å². The van der Waals surface area contributed by atoms with Crippen LogP contribution in [-0.2, 0) is 32.7 Å². The van der Waals surface area contributed by atoms with E-state index in [4.69, 9.17) is 18.5 Å². The Kier molecular flexibility index (Phi) is 40.6. The summed E-state index contributed by atoms with van der Waals surface area (Å²) in [7, 11) is 1.39. The number of likely N-dealkylation sites (N-methyl/N-ethyl adjacent to an activating group) is 1. The summed E-state index contributed by atoms with van der Waals surface area (Å²) in [6.07, 6.45) is 58.8. The third kappa shape index (κ3) is 46.2. The smallest absolute Gasteiger partial charge is 0.462 e. The van der Waals surface area contributed by atoms with Crippen LogP contribution < -0.4 is 0 Å². The van der Waals surface area contributed by atoms with E-state index in [2.05, 4.69) is 111 Å². The fourth-order valence-corrected chi connectivity index (χ4v) is 6.37. The van der Waals surface area contributed by atoms with E-state index < -0.39 is 32.5 Å². The van der Waals surface area contributed by atoms with E-state index in [0.717, 1.165) is 57.8 Å². The molecule has 62 heavy (non-hydrogen) atoms. The van der Waals surface area contributed by atoms with Gasteiger partial charge in [-0.15, -0.1) is 0 Å². The van der Waals surface area contributed by atoms with Gasteiger partial charge in [0.15, 0.2) is 6.10 Å². The van der Waals surface area contributed by atoms with Crippen molar-refractivity contribution in [3.8, 4) is 0 Å². The monoisotopic (exact) mass is 885 g/mol. The fourth-order valence-electron chi connectivity index (χ4n) is 5.63. The lowest BCUT2D eigenvalue weighted by molar-refractivity contribution is -0.870. The van der Waals surface area contributed by atoms with Crippen LogP contribution in [0.15, 0.2) is 109 Å². The van der Waals surface area contributed by atoms with Crippen molar-refractivity contribution in [2.24, 2.45) is 0 Å². The predicted octanol–water partition coefficient (Wildman–Crippen LogP) is 13.9. The molecule has 10 heteroatoms. The van der Waals surface area contributed by atoms with Crippen LogP contribution in [0.25, 0.3) is 0 Å². The maximum atomic E-state index is 12.7. The van der Waals surface area contributed by atoms with Gasteiger partial charge in [0.2, 0.25) is 0 Å². The number of ether oxygens (including phenoxy) is 2. The van der Waals surface area contributed by atoms with Crippen LogP contribution in [0, 0.1) is 0 Å². The lowest BCUT2D eigenvalue weighted by Gasteiger charge is -2.24. The minimum absolute atomic E-state index is 0.00621. The van der Waals surface area contributed by atoms with Crippen LogP contribution in [0.4, 0.5) is 0 Å². The zero-order valence-electron chi connectivity index (χ0n) is 39.6. The maximum Gasteiger partial charge on any atom is 0.472 e. The molecule has 0 aliphatic carbocycles. The molecule has 0 aliphatic heterocycles. The second-order valence-corrected chi connectivity index (χ2v) is 17.9. The first-order chi connectivity index (χ1) is 30.0. The molecule has 1 unspecified atom stereocenters. The lowest BCUT2D eigenvalue weighted by Crippen LogP contribution is -2.37. The molecule has 0 rings (SSSR count). The number of carbonyl (C=O) groups is 2. The number of unbranched alkanes of at least 4 members (excludes halogenated alkanes) is 9. The second-order valence-electron chi connectivity index (χ2n) is 16.4. The van der Waals surface area contributed by atoms with Crippen LogP contribution in [0.3, 0.4) is 0 Å². The summed E-state index contributed by atoms with van der Waals surface area (Å²) in [5.74, 6) is -0.944. The molecular formula is C52H87NO8P+. The van der Waals surface area contributed by atoms with Crippen molar-refractivity contribution >= 4 is 19.8 Å².